The van der Waals surface area contributed by atoms with E-state index in [0.29, 0.717) is 0 Å². The second-order valence-electron chi connectivity index (χ2n) is 2.93. The van der Waals surface area contributed by atoms with Crippen molar-refractivity contribution >= 4 is 11.8 Å². The van der Waals surface area contributed by atoms with Crippen LogP contribution in [0, 0.1) is 0 Å². The molecule has 1 fully saturated rings. The molecule has 1 aliphatic carbocycles. The Morgan fingerprint density at radius 3 is 2.54 bits per heavy atom. The van der Waals surface area contributed by atoms with Crippen LogP contribution < -0.4 is 11.3 Å². The number of hydrogen-bond acceptors (Lipinski definition) is 4. The summed E-state index contributed by atoms with van der Waals surface area (Å²) in [5, 5.41) is 8.66. The van der Waals surface area contributed by atoms with Crippen LogP contribution in [-0.2, 0) is 9.59 Å². The van der Waals surface area contributed by atoms with E-state index in [9.17, 15) is 9.59 Å². The van der Waals surface area contributed by atoms with Gasteiger partial charge in [0.05, 0.1) is 6.61 Å². The first-order chi connectivity index (χ1) is 6.20. The second-order valence-corrected chi connectivity index (χ2v) is 2.93. The molecule has 1 saturated carbocycles. The van der Waals surface area contributed by atoms with Crippen LogP contribution in [0.5, 0.6) is 0 Å². The Bertz CT molecular complexity index is 215. The van der Waals surface area contributed by atoms with Crippen molar-refractivity contribution in [2.45, 2.75) is 18.9 Å². The fraction of sp³-hybridized carbons (Fsp3) is 0.714. The molecule has 0 bridgehead atoms. The molecule has 0 atom stereocenters. The Morgan fingerprint density at radius 2 is 2.15 bits per heavy atom. The molecular formula is C7H13N3O3. The minimum atomic E-state index is -0.833. The van der Waals surface area contributed by atoms with Gasteiger partial charge in [-0.25, -0.2) is 5.84 Å². The zero-order valence-electron chi connectivity index (χ0n) is 7.19. The molecule has 0 aliphatic heterocycles. The van der Waals surface area contributed by atoms with Gasteiger partial charge in [-0.2, -0.15) is 0 Å². The highest BCUT2D eigenvalue weighted by molar-refractivity contribution is 6.34. The second kappa shape index (κ2) is 4.20. The fourth-order valence-electron chi connectivity index (χ4n) is 1.14. The van der Waals surface area contributed by atoms with E-state index in [1.807, 2.05) is 0 Å². The molecule has 2 amide bonds. The molecule has 0 spiro atoms. The summed E-state index contributed by atoms with van der Waals surface area (Å²) in [5.74, 6) is 3.32. The Labute approximate surface area is 75.7 Å². The van der Waals surface area contributed by atoms with Crippen molar-refractivity contribution in [3.05, 3.63) is 0 Å². The summed E-state index contributed by atoms with van der Waals surface area (Å²) >= 11 is 0. The average Bonchev–Trinajstić information content (AvgIpc) is 2.95. The molecular weight excluding hydrogens is 174 g/mol. The lowest BCUT2D eigenvalue weighted by atomic mass is 10.4. The molecule has 0 saturated heterocycles. The number of aliphatic hydroxyl groups is 1. The van der Waals surface area contributed by atoms with E-state index in [1.165, 1.54) is 4.90 Å². The SMILES string of the molecule is NNC(=O)C(=O)N(CCO)C1CC1. The monoisotopic (exact) mass is 187 g/mol. The lowest BCUT2D eigenvalue weighted by Crippen LogP contribution is -2.47. The van der Waals surface area contributed by atoms with E-state index in [4.69, 9.17) is 10.9 Å². The van der Waals surface area contributed by atoms with Gasteiger partial charge in [0.2, 0.25) is 0 Å². The summed E-state index contributed by atoms with van der Waals surface area (Å²) in [6.07, 6.45) is 1.78. The fourth-order valence-corrected chi connectivity index (χ4v) is 1.14. The third kappa shape index (κ3) is 2.40. The van der Waals surface area contributed by atoms with Crippen LogP contribution in [0.25, 0.3) is 0 Å². The Kier molecular flexibility index (Phi) is 3.21. The van der Waals surface area contributed by atoms with Gasteiger partial charge < -0.3 is 10.0 Å². The number of nitrogens with zero attached hydrogens (tertiary/aromatic N) is 1. The highest BCUT2D eigenvalue weighted by atomic mass is 16.3. The molecule has 1 rings (SSSR count). The van der Waals surface area contributed by atoms with Crippen LogP contribution in [0.1, 0.15) is 12.8 Å². The smallest absolute Gasteiger partial charge is 0.323 e. The molecule has 0 aromatic rings. The number of carbonyl (C=O) groups excluding carboxylic acids is 2. The van der Waals surface area contributed by atoms with Crippen molar-refractivity contribution in [2.75, 3.05) is 13.2 Å². The summed E-state index contributed by atoms with van der Waals surface area (Å²) in [7, 11) is 0. The molecule has 0 heterocycles. The van der Waals surface area contributed by atoms with Crippen LogP contribution in [0.3, 0.4) is 0 Å². The average molecular weight is 187 g/mol. The van der Waals surface area contributed by atoms with Gasteiger partial charge in [0.25, 0.3) is 0 Å². The predicted octanol–water partition coefficient (Wildman–Crippen LogP) is -2.04. The standard InChI is InChI=1S/C7H13N3O3/c8-9-6(12)7(13)10(3-4-11)5-1-2-5/h5,11H,1-4,8H2,(H,9,12). The zero-order valence-corrected chi connectivity index (χ0v) is 7.19. The van der Waals surface area contributed by atoms with Crippen molar-refractivity contribution in [1.29, 1.82) is 0 Å². The minimum absolute atomic E-state index is 0.108. The molecule has 6 heteroatoms. The van der Waals surface area contributed by atoms with Gasteiger partial charge in [0.15, 0.2) is 0 Å². The van der Waals surface area contributed by atoms with E-state index < -0.39 is 11.8 Å². The first kappa shape index (κ1) is 9.94. The number of rotatable bonds is 3. The third-order valence-electron chi connectivity index (χ3n) is 1.91. The molecule has 1 aliphatic rings. The number of amides is 2. The first-order valence-corrected chi connectivity index (χ1v) is 4.13. The number of hydrogen-bond donors (Lipinski definition) is 3. The first-order valence-electron chi connectivity index (χ1n) is 4.13. The van der Waals surface area contributed by atoms with Gasteiger partial charge in [0.1, 0.15) is 0 Å². The molecule has 13 heavy (non-hydrogen) atoms. The number of aliphatic hydroxyl groups excluding tert-OH is 1. The van der Waals surface area contributed by atoms with Crippen LogP contribution >= 0.6 is 0 Å². The van der Waals surface area contributed by atoms with Gasteiger partial charge in [0, 0.05) is 12.6 Å². The van der Waals surface area contributed by atoms with Gasteiger partial charge in [-0.05, 0) is 12.8 Å². The largest absolute Gasteiger partial charge is 0.395 e. The molecule has 4 N–H and O–H groups in total. The topological polar surface area (TPSA) is 95.7 Å². The maximum Gasteiger partial charge on any atom is 0.323 e. The van der Waals surface area contributed by atoms with Crippen molar-refractivity contribution in [1.82, 2.24) is 10.3 Å². The van der Waals surface area contributed by atoms with Gasteiger partial charge in [-0.1, -0.05) is 0 Å². The highest BCUT2D eigenvalue weighted by Gasteiger charge is 2.34. The number of nitrogens with two attached hydrogens (primary N) is 1. The molecule has 0 aromatic carbocycles. The molecule has 74 valence electrons. The summed E-state index contributed by atoms with van der Waals surface area (Å²) in [6, 6.07) is 0.108. The number of nitrogens with one attached hydrogen (secondary N) is 1. The summed E-state index contributed by atoms with van der Waals surface area (Å²) < 4.78 is 0. The quantitative estimate of drug-likeness (QED) is 0.205. The Balaban J connectivity index is 2.52. The van der Waals surface area contributed by atoms with Gasteiger partial charge in [-0.15, -0.1) is 0 Å². The molecule has 6 nitrogen and oxygen atoms in total. The minimum Gasteiger partial charge on any atom is -0.395 e. The van der Waals surface area contributed by atoms with E-state index in [-0.39, 0.29) is 19.2 Å². The summed E-state index contributed by atoms with van der Waals surface area (Å²) in [5.41, 5.74) is 1.77. The van der Waals surface area contributed by atoms with Crippen molar-refractivity contribution in [2.24, 2.45) is 5.84 Å². The van der Waals surface area contributed by atoms with Crippen molar-refractivity contribution < 1.29 is 14.7 Å². The molecule has 0 radical (unpaired) electrons. The lowest BCUT2D eigenvalue weighted by molar-refractivity contribution is -0.146. The number of hydrazine groups is 1. The highest BCUT2D eigenvalue weighted by Crippen LogP contribution is 2.26. The van der Waals surface area contributed by atoms with Crippen LogP contribution in [0.4, 0.5) is 0 Å². The van der Waals surface area contributed by atoms with E-state index in [0.717, 1.165) is 12.8 Å². The molecule has 0 unspecified atom stereocenters. The van der Waals surface area contributed by atoms with E-state index >= 15 is 0 Å². The predicted molar refractivity (Wildman–Crippen MR) is 44.2 cm³/mol. The maximum atomic E-state index is 11.3. The van der Waals surface area contributed by atoms with E-state index in [2.05, 4.69) is 0 Å². The van der Waals surface area contributed by atoms with Crippen molar-refractivity contribution in [3.8, 4) is 0 Å². The third-order valence-corrected chi connectivity index (χ3v) is 1.91. The Hall–Kier alpha value is -1.14. The van der Waals surface area contributed by atoms with E-state index in [1.54, 1.807) is 5.43 Å². The summed E-state index contributed by atoms with van der Waals surface area (Å²) in [4.78, 5) is 23.5. The summed E-state index contributed by atoms with van der Waals surface area (Å²) in [6.45, 7) is 0.0526. The van der Waals surface area contributed by atoms with Crippen molar-refractivity contribution in [3.63, 3.8) is 0 Å². The number of carbonyl (C=O) groups is 2. The molecule has 0 aromatic heterocycles. The Morgan fingerprint density at radius 1 is 1.54 bits per heavy atom. The van der Waals surface area contributed by atoms with Gasteiger partial charge >= 0.3 is 11.8 Å². The normalized spacial score (nSPS) is 15.2. The lowest BCUT2D eigenvalue weighted by Gasteiger charge is -2.19. The van der Waals surface area contributed by atoms with Gasteiger partial charge in [-0.3, -0.25) is 15.0 Å². The van der Waals surface area contributed by atoms with Crippen LogP contribution in [0.15, 0.2) is 0 Å². The maximum absolute atomic E-state index is 11.3. The van der Waals surface area contributed by atoms with Crippen LogP contribution in [0.2, 0.25) is 0 Å². The zero-order chi connectivity index (χ0) is 9.84. The van der Waals surface area contributed by atoms with Crippen LogP contribution in [-0.4, -0.2) is 41.0 Å².